The fraction of sp³-hybridized carbons (Fsp3) is 0.467. The summed E-state index contributed by atoms with van der Waals surface area (Å²) in [5, 5.41) is 17.3. The molecule has 0 spiro atoms. The summed E-state index contributed by atoms with van der Waals surface area (Å²) in [6.07, 6.45) is 2.09. The average molecular weight is 257 g/mol. The van der Waals surface area contributed by atoms with Crippen LogP contribution in [0.3, 0.4) is 0 Å². The lowest BCUT2D eigenvalue weighted by molar-refractivity contribution is 0.340. The number of nitrogens with two attached hydrogens (primary N) is 1. The van der Waals surface area contributed by atoms with Crippen LogP contribution in [0.2, 0.25) is 0 Å². The summed E-state index contributed by atoms with van der Waals surface area (Å²) in [7, 11) is 0. The van der Waals surface area contributed by atoms with Gasteiger partial charge in [0.2, 0.25) is 5.90 Å². The number of nitriles is 1. The maximum absolute atomic E-state index is 9.33. The Bertz CT molecular complexity index is 533. The van der Waals surface area contributed by atoms with Crippen molar-refractivity contribution in [2.24, 2.45) is 11.8 Å². The van der Waals surface area contributed by atoms with E-state index < -0.39 is 5.92 Å². The van der Waals surface area contributed by atoms with Crippen molar-refractivity contribution in [1.82, 2.24) is 0 Å². The number of hydrogen-bond acceptors (Lipinski definition) is 4. The minimum absolute atomic E-state index is 0.0156. The Kier molecular flexibility index (Phi) is 3.75. The van der Waals surface area contributed by atoms with Crippen molar-refractivity contribution in [2.75, 3.05) is 5.73 Å². The van der Waals surface area contributed by atoms with Crippen LogP contribution in [0, 0.1) is 28.6 Å². The molecule has 4 nitrogen and oxygen atoms in total. The standard InChI is InChI=1S/C15H19N3O/c1-3-4-9(2)14-11-6-5-10(17)7-13(11)19-15(18)12(14)8-16/h5-7,9,12,14,18H,3-4,17H2,1-2H3. The van der Waals surface area contributed by atoms with Crippen LogP contribution in [-0.2, 0) is 0 Å². The zero-order chi connectivity index (χ0) is 14.0. The molecule has 0 bridgehead atoms. The van der Waals surface area contributed by atoms with Crippen molar-refractivity contribution in [3.8, 4) is 11.8 Å². The van der Waals surface area contributed by atoms with E-state index >= 15 is 0 Å². The molecule has 1 aromatic rings. The van der Waals surface area contributed by atoms with Crippen LogP contribution in [0.15, 0.2) is 18.2 Å². The highest BCUT2D eigenvalue weighted by atomic mass is 16.5. The van der Waals surface area contributed by atoms with Gasteiger partial charge in [-0.25, -0.2) is 0 Å². The Hall–Kier alpha value is -2.02. The molecule has 1 heterocycles. The highest BCUT2D eigenvalue weighted by Gasteiger charge is 2.38. The lowest BCUT2D eigenvalue weighted by atomic mass is 9.74. The maximum atomic E-state index is 9.33. The topological polar surface area (TPSA) is 82.9 Å². The highest BCUT2D eigenvalue weighted by Crippen LogP contribution is 2.44. The molecule has 0 aliphatic carbocycles. The third kappa shape index (κ3) is 2.41. The number of nitrogens with one attached hydrogen (secondary N) is 1. The van der Waals surface area contributed by atoms with Gasteiger partial charge in [-0.1, -0.05) is 32.8 Å². The smallest absolute Gasteiger partial charge is 0.205 e. The minimum Gasteiger partial charge on any atom is -0.442 e. The first-order valence-electron chi connectivity index (χ1n) is 6.63. The quantitative estimate of drug-likeness (QED) is 0.815. The van der Waals surface area contributed by atoms with Gasteiger partial charge in [-0.2, -0.15) is 5.26 Å². The van der Waals surface area contributed by atoms with Gasteiger partial charge in [0, 0.05) is 23.2 Å². The van der Waals surface area contributed by atoms with Crippen molar-refractivity contribution in [3.05, 3.63) is 23.8 Å². The van der Waals surface area contributed by atoms with E-state index in [1.807, 2.05) is 12.1 Å². The summed E-state index contributed by atoms with van der Waals surface area (Å²) in [6, 6.07) is 7.72. The molecule has 1 aliphatic rings. The molecule has 4 heteroatoms. The number of benzene rings is 1. The van der Waals surface area contributed by atoms with Crippen LogP contribution in [0.25, 0.3) is 0 Å². The van der Waals surface area contributed by atoms with Crippen molar-refractivity contribution in [1.29, 1.82) is 10.7 Å². The molecule has 2 rings (SSSR count). The summed E-state index contributed by atoms with van der Waals surface area (Å²) in [5.41, 5.74) is 7.37. The zero-order valence-corrected chi connectivity index (χ0v) is 11.3. The van der Waals surface area contributed by atoms with Gasteiger partial charge < -0.3 is 10.5 Å². The third-order valence-electron chi connectivity index (χ3n) is 3.75. The van der Waals surface area contributed by atoms with Crippen LogP contribution < -0.4 is 10.5 Å². The second-order valence-corrected chi connectivity index (χ2v) is 5.16. The monoisotopic (exact) mass is 257 g/mol. The Morgan fingerprint density at radius 2 is 2.26 bits per heavy atom. The fourth-order valence-electron chi connectivity index (χ4n) is 2.85. The lowest BCUT2D eigenvalue weighted by Gasteiger charge is -2.34. The van der Waals surface area contributed by atoms with Gasteiger partial charge in [-0.05, 0) is 12.0 Å². The zero-order valence-electron chi connectivity index (χ0n) is 11.3. The van der Waals surface area contributed by atoms with E-state index in [9.17, 15) is 5.26 Å². The summed E-state index contributed by atoms with van der Waals surface area (Å²) in [6.45, 7) is 4.27. The Labute approximate surface area is 113 Å². The van der Waals surface area contributed by atoms with E-state index in [4.69, 9.17) is 15.9 Å². The van der Waals surface area contributed by atoms with E-state index in [2.05, 4.69) is 19.9 Å². The number of fused-ring (bicyclic) bond motifs is 1. The van der Waals surface area contributed by atoms with Gasteiger partial charge in [-0.15, -0.1) is 0 Å². The van der Waals surface area contributed by atoms with Gasteiger partial charge >= 0.3 is 0 Å². The van der Waals surface area contributed by atoms with E-state index in [0.717, 1.165) is 18.4 Å². The van der Waals surface area contributed by atoms with E-state index in [-0.39, 0.29) is 11.8 Å². The third-order valence-corrected chi connectivity index (χ3v) is 3.75. The van der Waals surface area contributed by atoms with Crippen LogP contribution in [-0.4, -0.2) is 5.90 Å². The molecule has 3 unspecified atom stereocenters. The largest absolute Gasteiger partial charge is 0.442 e. The second-order valence-electron chi connectivity index (χ2n) is 5.16. The van der Waals surface area contributed by atoms with Crippen LogP contribution in [0.4, 0.5) is 5.69 Å². The summed E-state index contributed by atoms with van der Waals surface area (Å²) < 4.78 is 5.46. The highest BCUT2D eigenvalue weighted by molar-refractivity contribution is 5.84. The van der Waals surface area contributed by atoms with E-state index in [1.54, 1.807) is 6.07 Å². The first-order chi connectivity index (χ1) is 9.08. The normalized spacial score (nSPS) is 23.1. The van der Waals surface area contributed by atoms with Crippen LogP contribution in [0.1, 0.15) is 38.2 Å². The number of nitrogens with zero attached hydrogens (tertiary/aromatic N) is 1. The molecule has 0 saturated carbocycles. The summed E-state index contributed by atoms with van der Waals surface area (Å²) in [4.78, 5) is 0. The van der Waals surface area contributed by atoms with E-state index in [1.165, 1.54) is 0 Å². The van der Waals surface area contributed by atoms with E-state index in [0.29, 0.717) is 17.4 Å². The van der Waals surface area contributed by atoms with Crippen LogP contribution in [0.5, 0.6) is 5.75 Å². The first-order valence-corrected chi connectivity index (χ1v) is 6.63. The van der Waals surface area contributed by atoms with Gasteiger partial charge in [0.05, 0.1) is 6.07 Å². The molecule has 0 amide bonds. The van der Waals surface area contributed by atoms with Crippen molar-refractivity contribution >= 4 is 11.6 Å². The SMILES string of the molecule is CCCC(C)C1c2ccc(N)cc2OC(=N)C1C#N. The predicted octanol–water partition coefficient (Wildman–Crippen LogP) is 3.30. The number of nitrogen functional groups attached to an aromatic ring is 1. The molecule has 3 N–H and O–H groups in total. The van der Waals surface area contributed by atoms with Gasteiger partial charge in [0.1, 0.15) is 11.7 Å². The lowest BCUT2D eigenvalue weighted by Crippen LogP contribution is -2.33. The Morgan fingerprint density at radius 1 is 1.53 bits per heavy atom. The Balaban J connectivity index is 2.48. The fourth-order valence-corrected chi connectivity index (χ4v) is 2.85. The van der Waals surface area contributed by atoms with Crippen molar-refractivity contribution in [2.45, 2.75) is 32.6 Å². The molecule has 3 atom stereocenters. The molecule has 0 aromatic heterocycles. The molecule has 0 saturated heterocycles. The van der Waals surface area contributed by atoms with Gasteiger partial charge in [-0.3, -0.25) is 5.41 Å². The van der Waals surface area contributed by atoms with Crippen molar-refractivity contribution in [3.63, 3.8) is 0 Å². The summed E-state index contributed by atoms with van der Waals surface area (Å²) >= 11 is 0. The Morgan fingerprint density at radius 3 is 2.89 bits per heavy atom. The number of anilines is 1. The van der Waals surface area contributed by atoms with Gasteiger partial charge in [0.15, 0.2) is 0 Å². The molecule has 1 aromatic carbocycles. The average Bonchev–Trinajstić information content (AvgIpc) is 2.37. The first kappa shape index (κ1) is 13.4. The molecular weight excluding hydrogens is 238 g/mol. The minimum atomic E-state index is -0.502. The predicted molar refractivity (Wildman–Crippen MR) is 75.1 cm³/mol. The molecular formula is C15H19N3O. The number of hydrogen-bond donors (Lipinski definition) is 2. The van der Waals surface area contributed by atoms with Crippen LogP contribution >= 0.6 is 0 Å². The molecule has 100 valence electrons. The number of ether oxygens (including phenoxy) is 1. The number of rotatable bonds is 3. The molecule has 0 fully saturated rings. The maximum Gasteiger partial charge on any atom is 0.205 e. The van der Waals surface area contributed by atoms with Gasteiger partial charge in [0.25, 0.3) is 0 Å². The molecule has 0 radical (unpaired) electrons. The van der Waals surface area contributed by atoms with Crippen molar-refractivity contribution < 1.29 is 4.74 Å². The summed E-state index contributed by atoms with van der Waals surface area (Å²) in [5.74, 6) is 0.513. The second kappa shape index (κ2) is 5.31. The molecule has 1 aliphatic heterocycles. The molecule has 19 heavy (non-hydrogen) atoms.